The highest BCUT2D eigenvalue weighted by Gasteiger charge is 2.07. The Morgan fingerprint density at radius 2 is 2.20 bits per heavy atom. The van der Waals surface area contributed by atoms with E-state index in [1.807, 2.05) is 36.9 Å². The van der Waals surface area contributed by atoms with Crippen molar-refractivity contribution in [2.45, 2.75) is 20.4 Å². The van der Waals surface area contributed by atoms with Gasteiger partial charge in [-0.25, -0.2) is 0 Å². The third-order valence-electron chi connectivity index (χ3n) is 2.49. The van der Waals surface area contributed by atoms with Gasteiger partial charge in [-0.05, 0) is 25.5 Å². The summed E-state index contributed by atoms with van der Waals surface area (Å²) in [6, 6.07) is 3.95. The van der Waals surface area contributed by atoms with Gasteiger partial charge in [0.15, 0.2) is 0 Å². The summed E-state index contributed by atoms with van der Waals surface area (Å²) in [5.74, 6) is 0. The lowest BCUT2D eigenvalue weighted by Crippen LogP contribution is -2.04. The Balaban J connectivity index is 2.29. The van der Waals surface area contributed by atoms with Crippen LogP contribution in [-0.4, -0.2) is 14.8 Å². The first-order valence-corrected chi connectivity index (χ1v) is 4.87. The third kappa shape index (κ3) is 1.83. The van der Waals surface area contributed by atoms with Crippen molar-refractivity contribution >= 4 is 5.69 Å². The van der Waals surface area contributed by atoms with Gasteiger partial charge < -0.3 is 5.73 Å². The van der Waals surface area contributed by atoms with Crippen LogP contribution in [0.15, 0.2) is 24.5 Å². The minimum atomic E-state index is 0.720. The molecule has 2 aromatic heterocycles. The maximum atomic E-state index is 5.86. The lowest BCUT2D eigenvalue weighted by molar-refractivity contribution is 0.657. The van der Waals surface area contributed by atoms with Crippen LogP contribution in [0.3, 0.4) is 0 Å². The SMILES string of the molecule is Cc1nn(Cc2cccnc2)c(C)c1N. The molecule has 0 amide bonds. The number of nitrogens with two attached hydrogens (primary N) is 1. The van der Waals surface area contributed by atoms with Gasteiger partial charge in [0, 0.05) is 12.4 Å². The maximum absolute atomic E-state index is 5.86. The van der Waals surface area contributed by atoms with Crippen LogP contribution in [0.1, 0.15) is 17.0 Å². The smallest absolute Gasteiger partial charge is 0.0826 e. The van der Waals surface area contributed by atoms with E-state index in [0.717, 1.165) is 29.2 Å². The highest BCUT2D eigenvalue weighted by Crippen LogP contribution is 2.15. The molecule has 0 radical (unpaired) electrons. The second kappa shape index (κ2) is 3.73. The van der Waals surface area contributed by atoms with Crippen LogP contribution < -0.4 is 5.73 Å². The molecule has 0 bridgehead atoms. The van der Waals surface area contributed by atoms with E-state index in [2.05, 4.69) is 10.1 Å². The van der Waals surface area contributed by atoms with Crippen LogP contribution in [0.2, 0.25) is 0 Å². The van der Waals surface area contributed by atoms with E-state index in [4.69, 9.17) is 5.73 Å². The number of pyridine rings is 1. The van der Waals surface area contributed by atoms with E-state index < -0.39 is 0 Å². The molecule has 0 spiro atoms. The molecule has 4 heteroatoms. The number of nitrogen functional groups attached to an aromatic ring is 1. The normalized spacial score (nSPS) is 10.5. The average Bonchev–Trinajstić information content (AvgIpc) is 2.48. The number of aromatic nitrogens is 3. The summed E-state index contributed by atoms with van der Waals surface area (Å²) >= 11 is 0. The topological polar surface area (TPSA) is 56.7 Å². The predicted molar refractivity (Wildman–Crippen MR) is 59.5 cm³/mol. The Labute approximate surface area is 88.8 Å². The summed E-state index contributed by atoms with van der Waals surface area (Å²) in [7, 11) is 0. The van der Waals surface area contributed by atoms with Crippen LogP contribution in [0, 0.1) is 13.8 Å². The van der Waals surface area contributed by atoms with Crippen molar-refractivity contribution in [1.29, 1.82) is 0 Å². The minimum absolute atomic E-state index is 0.720. The first-order chi connectivity index (χ1) is 7.18. The fourth-order valence-electron chi connectivity index (χ4n) is 1.53. The van der Waals surface area contributed by atoms with E-state index in [0.29, 0.717) is 0 Å². The van der Waals surface area contributed by atoms with Crippen molar-refractivity contribution in [1.82, 2.24) is 14.8 Å². The Kier molecular flexibility index (Phi) is 2.41. The summed E-state index contributed by atoms with van der Waals surface area (Å²) in [5, 5.41) is 4.37. The molecular weight excluding hydrogens is 188 g/mol. The molecule has 0 aliphatic carbocycles. The Morgan fingerprint density at radius 1 is 1.40 bits per heavy atom. The monoisotopic (exact) mass is 202 g/mol. The van der Waals surface area contributed by atoms with Gasteiger partial charge in [-0.1, -0.05) is 6.07 Å². The molecule has 4 nitrogen and oxygen atoms in total. The largest absolute Gasteiger partial charge is 0.396 e. The standard InChI is InChI=1S/C11H14N4/c1-8-11(12)9(2)15(14-8)7-10-4-3-5-13-6-10/h3-6H,7,12H2,1-2H3. The summed E-state index contributed by atoms with van der Waals surface area (Å²) in [4.78, 5) is 4.07. The molecule has 0 atom stereocenters. The van der Waals surface area contributed by atoms with Crippen LogP contribution >= 0.6 is 0 Å². The van der Waals surface area contributed by atoms with E-state index in [-0.39, 0.29) is 0 Å². The second-order valence-electron chi connectivity index (χ2n) is 3.60. The van der Waals surface area contributed by atoms with E-state index in [1.165, 1.54) is 0 Å². The van der Waals surface area contributed by atoms with Gasteiger partial charge in [-0.3, -0.25) is 9.67 Å². The molecule has 78 valence electrons. The van der Waals surface area contributed by atoms with Gasteiger partial charge in [0.2, 0.25) is 0 Å². The summed E-state index contributed by atoms with van der Waals surface area (Å²) < 4.78 is 1.90. The molecule has 2 rings (SSSR count). The molecule has 0 fully saturated rings. The summed E-state index contributed by atoms with van der Waals surface area (Å²) in [6.45, 7) is 4.62. The van der Waals surface area contributed by atoms with Crippen molar-refractivity contribution in [3.63, 3.8) is 0 Å². The quantitative estimate of drug-likeness (QED) is 0.803. The first-order valence-electron chi connectivity index (χ1n) is 4.87. The van der Waals surface area contributed by atoms with Gasteiger partial charge in [-0.15, -0.1) is 0 Å². The zero-order valence-electron chi connectivity index (χ0n) is 8.94. The highest BCUT2D eigenvalue weighted by atomic mass is 15.3. The number of hydrogen-bond acceptors (Lipinski definition) is 3. The number of rotatable bonds is 2. The molecule has 0 aromatic carbocycles. The van der Waals surface area contributed by atoms with E-state index in [1.54, 1.807) is 6.20 Å². The molecule has 2 N–H and O–H groups in total. The van der Waals surface area contributed by atoms with E-state index in [9.17, 15) is 0 Å². The van der Waals surface area contributed by atoms with Gasteiger partial charge in [0.25, 0.3) is 0 Å². The van der Waals surface area contributed by atoms with Gasteiger partial charge in [0.1, 0.15) is 0 Å². The van der Waals surface area contributed by atoms with Crippen molar-refractivity contribution in [3.8, 4) is 0 Å². The predicted octanol–water partition coefficient (Wildman–Crippen LogP) is 1.53. The number of hydrogen-bond donors (Lipinski definition) is 1. The van der Waals surface area contributed by atoms with Crippen LogP contribution in [0.25, 0.3) is 0 Å². The molecule has 2 heterocycles. The number of aryl methyl sites for hydroxylation is 1. The zero-order valence-corrected chi connectivity index (χ0v) is 8.94. The van der Waals surface area contributed by atoms with Gasteiger partial charge in [-0.2, -0.15) is 5.10 Å². The Bertz CT molecular complexity index is 459. The summed E-state index contributed by atoms with van der Waals surface area (Å²) in [5.41, 5.74) is 9.66. The van der Waals surface area contributed by atoms with Crippen LogP contribution in [0.5, 0.6) is 0 Å². The highest BCUT2D eigenvalue weighted by molar-refractivity contribution is 5.46. The van der Waals surface area contributed by atoms with Crippen molar-refractivity contribution in [2.75, 3.05) is 5.73 Å². The molecule has 15 heavy (non-hydrogen) atoms. The fraction of sp³-hybridized carbons (Fsp3) is 0.273. The van der Waals surface area contributed by atoms with Gasteiger partial charge >= 0.3 is 0 Å². The van der Waals surface area contributed by atoms with Gasteiger partial charge in [0.05, 0.1) is 23.6 Å². The molecule has 0 aliphatic heterocycles. The fourth-order valence-corrected chi connectivity index (χ4v) is 1.53. The number of nitrogens with zero attached hydrogens (tertiary/aromatic N) is 3. The van der Waals surface area contributed by atoms with Crippen molar-refractivity contribution < 1.29 is 0 Å². The Morgan fingerprint density at radius 3 is 2.73 bits per heavy atom. The molecule has 0 saturated heterocycles. The molecule has 0 unspecified atom stereocenters. The lowest BCUT2D eigenvalue weighted by atomic mass is 10.3. The molecule has 2 aromatic rings. The second-order valence-corrected chi connectivity index (χ2v) is 3.60. The molecule has 0 aliphatic rings. The maximum Gasteiger partial charge on any atom is 0.0826 e. The number of anilines is 1. The lowest BCUT2D eigenvalue weighted by Gasteiger charge is -2.03. The molecule has 0 saturated carbocycles. The Hall–Kier alpha value is -1.84. The minimum Gasteiger partial charge on any atom is -0.396 e. The van der Waals surface area contributed by atoms with Crippen LogP contribution in [0.4, 0.5) is 5.69 Å². The summed E-state index contributed by atoms with van der Waals surface area (Å²) in [6.07, 6.45) is 3.60. The van der Waals surface area contributed by atoms with Crippen molar-refractivity contribution in [3.05, 3.63) is 41.5 Å². The van der Waals surface area contributed by atoms with Crippen molar-refractivity contribution in [2.24, 2.45) is 0 Å². The average molecular weight is 202 g/mol. The van der Waals surface area contributed by atoms with Crippen LogP contribution in [-0.2, 0) is 6.54 Å². The van der Waals surface area contributed by atoms with E-state index >= 15 is 0 Å². The molecular formula is C11H14N4. The zero-order chi connectivity index (χ0) is 10.8. The first kappa shape index (κ1) is 9.71. The third-order valence-corrected chi connectivity index (χ3v) is 2.49.